The summed E-state index contributed by atoms with van der Waals surface area (Å²) in [7, 11) is 0. The number of hydrogen-bond acceptors (Lipinski definition) is 2. The number of urea groups is 1. The van der Waals surface area contributed by atoms with Crippen LogP contribution in [0.4, 0.5) is 4.79 Å². The Morgan fingerprint density at radius 3 is 2.64 bits per heavy atom. The molecule has 0 saturated carbocycles. The fourth-order valence-corrected chi connectivity index (χ4v) is 2.97. The van der Waals surface area contributed by atoms with E-state index in [0.29, 0.717) is 6.42 Å². The van der Waals surface area contributed by atoms with E-state index in [2.05, 4.69) is 5.32 Å². The Morgan fingerprint density at radius 1 is 1.14 bits per heavy atom. The van der Waals surface area contributed by atoms with Crippen molar-refractivity contribution in [3.8, 4) is 0 Å². The molecule has 0 bridgehead atoms. The summed E-state index contributed by atoms with van der Waals surface area (Å²) in [6.07, 6.45) is 4.49. The van der Waals surface area contributed by atoms with Gasteiger partial charge in [-0.2, -0.15) is 0 Å². The second-order valence-corrected chi connectivity index (χ2v) is 5.66. The second kappa shape index (κ2) is 6.60. The molecule has 1 saturated heterocycles. The lowest BCUT2D eigenvalue weighted by atomic mass is 9.99. The summed E-state index contributed by atoms with van der Waals surface area (Å²) in [6.45, 7) is 1.54. The van der Waals surface area contributed by atoms with Crippen LogP contribution in [0.1, 0.15) is 18.4 Å². The van der Waals surface area contributed by atoms with E-state index in [-0.39, 0.29) is 6.03 Å². The van der Waals surface area contributed by atoms with Crippen molar-refractivity contribution in [1.29, 1.82) is 0 Å². The zero-order chi connectivity index (χ0) is 15.4. The summed E-state index contributed by atoms with van der Waals surface area (Å²) in [4.78, 5) is 25.1. The summed E-state index contributed by atoms with van der Waals surface area (Å²) in [5.41, 5.74) is 1.05. The van der Waals surface area contributed by atoms with Gasteiger partial charge in [-0.1, -0.05) is 42.5 Å². The van der Waals surface area contributed by atoms with Crippen LogP contribution >= 0.6 is 0 Å². The third kappa shape index (κ3) is 3.11. The number of nitrogens with zero attached hydrogens (tertiary/aromatic N) is 1. The quantitative estimate of drug-likeness (QED) is 0.942. The molecule has 22 heavy (non-hydrogen) atoms. The maximum absolute atomic E-state index is 12.1. The maximum atomic E-state index is 12.1. The van der Waals surface area contributed by atoms with E-state index in [1.165, 1.54) is 0 Å². The molecule has 3 rings (SSSR count). The van der Waals surface area contributed by atoms with Gasteiger partial charge in [-0.15, -0.1) is 0 Å². The van der Waals surface area contributed by atoms with E-state index in [9.17, 15) is 9.59 Å². The Kier molecular flexibility index (Phi) is 4.37. The number of likely N-dealkylation sites (tertiary alicyclic amines) is 1. The number of nitrogens with one attached hydrogen (secondary N) is 1. The summed E-state index contributed by atoms with van der Waals surface area (Å²) in [5.74, 6) is 0. The number of benzene rings is 2. The van der Waals surface area contributed by atoms with Crippen LogP contribution in [-0.4, -0.2) is 36.3 Å². The van der Waals surface area contributed by atoms with Gasteiger partial charge in [0.25, 0.3) is 0 Å². The molecule has 1 radical (unpaired) electrons. The molecular formula is C18H19N2O2. The van der Waals surface area contributed by atoms with Crippen LogP contribution in [0.3, 0.4) is 0 Å². The highest BCUT2D eigenvalue weighted by Gasteiger charge is 2.21. The predicted octanol–water partition coefficient (Wildman–Crippen LogP) is 2.67. The Labute approximate surface area is 130 Å². The van der Waals surface area contributed by atoms with Crippen molar-refractivity contribution in [1.82, 2.24) is 10.2 Å². The van der Waals surface area contributed by atoms with Gasteiger partial charge >= 0.3 is 6.03 Å². The van der Waals surface area contributed by atoms with Crippen molar-refractivity contribution in [2.24, 2.45) is 0 Å². The number of amides is 2. The van der Waals surface area contributed by atoms with E-state index in [4.69, 9.17) is 0 Å². The molecule has 1 unspecified atom stereocenters. The molecule has 0 aliphatic carbocycles. The third-order valence-corrected chi connectivity index (χ3v) is 4.14. The lowest BCUT2D eigenvalue weighted by molar-refractivity contribution is 0.207. The largest absolute Gasteiger partial charge is 0.327 e. The van der Waals surface area contributed by atoms with Gasteiger partial charge in [0, 0.05) is 19.5 Å². The Hall–Kier alpha value is -2.36. The fraction of sp³-hybridized carbons (Fsp3) is 0.333. The highest BCUT2D eigenvalue weighted by molar-refractivity contribution is 5.86. The molecule has 1 atom stereocenters. The first kappa shape index (κ1) is 14.6. The Bertz CT molecular complexity index is 672. The van der Waals surface area contributed by atoms with Crippen molar-refractivity contribution < 1.29 is 9.59 Å². The van der Waals surface area contributed by atoms with Crippen LogP contribution in [0.2, 0.25) is 0 Å². The van der Waals surface area contributed by atoms with Crippen LogP contribution in [0.25, 0.3) is 10.8 Å². The van der Waals surface area contributed by atoms with Crippen LogP contribution in [0, 0.1) is 0 Å². The maximum Gasteiger partial charge on any atom is 0.318 e. The molecule has 4 heteroatoms. The van der Waals surface area contributed by atoms with Gasteiger partial charge < -0.3 is 10.2 Å². The van der Waals surface area contributed by atoms with Gasteiger partial charge in [0.15, 0.2) is 0 Å². The average Bonchev–Trinajstić information content (AvgIpc) is 3.09. The zero-order valence-electron chi connectivity index (χ0n) is 12.4. The summed E-state index contributed by atoms with van der Waals surface area (Å²) in [5, 5.41) is 5.03. The second-order valence-electron chi connectivity index (χ2n) is 5.66. The van der Waals surface area contributed by atoms with Crippen molar-refractivity contribution in [2.45, 2.75) is 25.3 Å². The fourth-order valence-electron chi connectivity index (χ4n) is 2.97. The van der Waals surface area contributed by atoms with Crippen LogP contribution in [0.15, 0.2) is 42.5 Å². The minimum atomic E-state index is -0.612. The smallest absolute Gasteiger partial charge is 0.318 e. The number of rotatable bonds is 4. The van der Waals surface area contributed by atoms with E-state index >= 15 is 0 Å². The minimum Gasteiger partial charge on any atom is -0.327 e. The first-order chi connectivity index (χ1) is 10.8. The molecule has 2 aromatic carbocycles. The molecule has 2 amide bonds. The molecule has 1 aliphatic rings. The highest BCUT2D eigenvalue weighted by atomic mass is 16.2. The van der Waals surface area contributed by atoms with Crippen molar-refractivity contribution in [2.75, 3.05) is 13.1 Å². The molecule has 1 N–H and O–H groups in total. The molecule has 113 valence electrons. The average molecular weight is 295 g/mol. The van der Waals surface area contributed by atoms with Crippen LogP contribution < -0.4 is 5.32 Å². The third-order valence-electron chi connectivity index (χ3n) is 4.14. The molecule has 0 aromatic heterocycles. The van der Waals surface area contributed by atoms with E-state index in [0.717, 1.165) is 42.3 Å². The van der Waals surface area contributed by atoms with E-state index < -0.39 is 6.04 Å². The molecule has 2 aromatic rings. The molecule has 1 fully saturated rings. The van der Waals surface area contributed by atoms with Crippen LogP contribution in [0.5, 0.6) is 0 Å². The SMILES string of the molecule is O=[C]C(Cc1cccc2ccccc12)NC(=O)N1CCCC1. The number of carbonyl (C=O) groups excluding carboxylic acids is 2. The predicted molar refractivity (Wildman–Crippen MR) is 86.5 cm³/mol. The molecule has 4 nitrogen and oxygen atoms in total. The molecule has 1 aliphatic heterocycles. The van der Waals surface area contributed by atoms with Gasteiger partial charge in [-0.25, -0.2) is 4.79 Å². The van der Waals surface area contributed by atoms with Gasteiger partial charge in [0.1, 0.15) is 6.04 Å². The molecular weight excluding hydrogens is 276 g/mol. The zero-order valence-corrected chi connectivity index (χ0v) is 12.4. The van der Waals surface area contributed by atoms with Crippen molar-refractivity contribution in [3.63, 3.8) is 0 Å². The molecule has 1 heterocycles. The van der Waals surface area contributed by atoms with Gasteiger partial charge in [-0.3, -0.25) is 4.79 Å². The Morgan fingerprint density at radius 2 is 1.86 bits per heavy atom. The van der Waals surface area contributed by atoms with E-state index in [1.54, 1.807) is 4.90 Å². The van der Waals surface area contributed by atoms with Crippen molar-refractivity contribution in [3.05, 3.63) is 48.0 Å². The minimum absolute atomic E-state index is 0.161. The van der Waals surface area contributed by atoms with Gasteiger partial charge in [-0.05, 0) is 29.2 Å². The van der Waals surface area contributed by atoms with Gasteiger partial charge in [0.2, 0.25) is 6.29 Å². The standard InChI is InChI=1S/C18H19N2O2/c21-13-16(19-18(22)20-10-3-4-11-20)12-15-8-5-7-14-6-1-2-9-17(14)15/h1-2,5-9,16H,3-4,10-12H2,(H,19,22). The summed E-state index contributed by atoms with van der Waals surface area (Å²) < 4.78 is 0. The summed E-state index contributed by atoms with van der Waals surface area (Å²) >= 11 is 0. The number of hydrogen-bond donors (Lipinski definition) is 1. The highest BCUT2D eigenvalue weighted by Crippen LogP contribution is 2.19. The lowest BCUT2D eigenvalue weighted by Crippen LogP contribution is -2.45. The van der Waals surface area contributed by atoms with E-state index in [1.807, 2.05) is 48.8 Å². The monoisotopic (exact) mass is 295 g/mol. The number of fused-ring (bicyclic) bond motifs is 1. The number of carbonyl (C=O) groups is 1. The first-order valence-electron chi connectivity index (χ1n) is 7.67. The Balaban J connectivity index is 1.74. The summed E-state index contributed by atoms with van der Waals surface area (Å²) in [6, 6.07) is 13.3. The van der Waals surface area contributed by atoms with Crippen LogP contribution in [-0.2, 0) is 11.2 Å². The first-order valence-corrected chi connectivity index (χ1v) is 7.67. The molecule has 0 spiro atoms. The normalized spacial score (nSPS) is 15.7. The van der Waals surface area contributed by atoms with Gasteiger partial charge in [0.05, 0.1) is 0 Å². The topological polar surface area (TPSA) is 49.4 Å². The lowest BCUT2D eigenvalue weighted by Gasteiger charge is -2.19. The van der Waals surface area contributed by atoms with Crippen molar-refractivity contribution >= 4 is 23.1 Å².